The largest absolute Gasteiger partial charge is 0.432 e. The Morgan fingerprint density at radius 2 is 1.05 bits per heavy atom. The second-order valence-electron chi connectivity index (χ2n) is 28.6. The number of hydrogen-bond acceptors (Lipinski definition) is 28. The van der Waals surface area contributed by atoms with Crippen molar-refractivity contribution in [2.75, 3.05) is 33.0 Å². The fourth-order valence-electron chi connectivity index (χ4n) is 17.8. The molecular weight excluding hydrogens is 1160 g/mol. The highest BCUT2D eigenvalue weighted by Gasteiger charge is 2.72. The van der Waals surface area contributed by atoms with Gasteiger partial charge in [-0.1, -0.05) is 53.2 Å². The topological polar surface area (TPSA) is 453 Å². The lowest BCUT2D eigenvalue weighted by atomic mass is 9.33. The van der Waals surface area contributed by atoms with Gasteiger partial charge in [-0.3, -0.25) is 4.79 Å². The zero-order valence-electron chi connectivity index (χ0n) is 50.3. The fourth-order valence-corrected chi connectivity index (χ4v) is 17.8. The predicted octanol–water partition coefficient (Wildman–Crippen LogP) is -4.60. The van der Waals surface area contributed by atoms with Crippen LogP contribution in [0.1, 0.15) is 106 Å². The normalized spacial score (nSPS) is 55.1. The van der Waals surface area contributed by atoms with Crippen LogP contribution in [0.3, 0.4) is 0 Å². The van der Waals surface area contributed by atoms with Gasteiger partial charge in [-0.05, 0) is 104 Å². The van der Waals surface area contributed by atoms with Crippen LogP contribution in [0.4, 0.5) is 0 Å². The number of fused-ring (bicyclic) bond motifs is 7. The summed E-state index contributed by atoms with van der Waals surface area (Å²) >= 11 is 0. The number of carbonyl (C=O) groups is 1. The van der Waals surface area contributed by atoms with Crippen LogP contribution < -0.4 is 0 Å². The molecule has 10 rings (SSSR count). The summed E-state index contributed by atoms with van der Waals surface area (Å²) in [5.41, 5.74) is -3.27. The van der Waals surface area contributed by atoms with Crippen LogP contribution in [0, 0.1) is 50.2 Å². The van der Waals surface area contributed by atoms with Crippen molar-refractivity contribution in [1.29, 1.82) is 0 Å². The van der Waals surface area contributed by atoms with Crippen LogP contribution in [0.2, 0.25) is 0 Å². The summed E-state index contributed by atoms with van der Waals surface area (Å²) in [5, 5.41) is 185. The monoisotopic (exact) mass is 1250 g/mol. The summed E-state index contributed by atoms with van der Waals surface area (Å²) in [6.07, 6.45) is -36.3. The molecule has 5 aliphatic carbocycles. The molecule has 5 heterocycles. The average molecular weight is 1250 g/mol. The maximum Gasteiger partial charge on any atom is 0.315 e. The Morgan fingerprint density at radius 1 is 0.529 bits per heavy atom. The van der Waals surface area contributed by atoms with Crippen LogP contribution >= 0.6 is 0 Å². The second kappa shape index (κ2) is 25.1. The van der Waals surface area contributed by atoms with Crippen molar-refractivity contribution in [3.63, 3.8) is 0 Å². The molecule has 0 aromatic heterocycles. The Bertz CT molecular complexity index is 2420. The molecule has 4 saturated carbocycles. The van der Waals surface area contributed by atoms with E-state index in [1.54, 1.807) is 0 Å². The second-order valence-corrected chi connectivity index (χ2v) is 28.6. The Kier molecular flexibility index (Phi) is 19.7. The van der Waals surface area contributed by atoms with Crippen molar-refractivity contribution >= 4 is 5.97 Å². The van der Waals surface area contributed by atoms with E-state index in [-0.39, 0.29) is 23.7 Å². The first-order valence-corrected chi connectivity index (χ1v) is 30.9. The minimum absolute atomic E-state index is 0.120. The molecule has 34 atom stereocenters. The van der Waals surface area contributed by atoms with Crippen molar-refractivity contribution in [3.05, 3.63) is 11.6 Å². The molecule has 0 spiro atoms. The maximum atomic E-state index is 15.5. The molecule has 28 nitrogen and oxygen atoms in total. The van der Waals surface area contributed by atoms with Crippen molar-refractivity contribution in [2.45, 2.75) is 266 Å². The van der Waals surface area contributed by atoms with Crippen molar-refractivity contribution in [2.24, 2.45) is 50.2 Å². The average Bonchev–Trinajstić information content (AvgIpc) is 0.833. The van der Waals surface area contributed by atoms with Gasteiger partial charge in [-0.25, -0.2) is 0 Å². The molecule has 10 aliphatic rings. The van der Waals surface area contributed by atoms with Gasteiger partial charge in [0, 0.05) is 5.41 Å². The summed E-state index contributed by atoms with van der Waals surface area (Å²) in [7, 11) is 0. The molecule has 0 bridgehead atoms. The summed E-state index contributed by atoms with van der Waals surface area (Å²) in [5.74, 6) is -1.51. The first-order valence-electron chi connectivity index (χ1n) is 30.9. The van der Waals surface area contributed by atoms with Crippen LogP contribution in [-0.4, -0.2) is 285 Å². The number of allylic oxidation sites excluding steroid dienone is 2. The van der Waals surface area contributed by atoms with E-state index in [4.69, 9.17) is 47.4 Å². The van der Waals surface area contributed by atoms with E-state index in [0.717, 1.165) is 5.57 Å². The van der Waals surface area contributed by atoms with E-state index in [2.05, 4.69) is 40.7 Å². The fraction of sp³-hybridized carbons (Fsp3) is 0.949. The van der Waals surface area contributed by atoms with E-state index in [1.807, 2.05) is 6.92 Å². The quantitative estimate of drug-likeness (QED) is 0.0442. The van der Waals surface area contributed by atoms with Crippen molar-refractivity contribution in [3.8, 4) is 0 Å². The molecule has 9 fully saturated rings. The zero-order valence-corrected chi connectivity index (χ0v) is 50.3. The van der Waals surface area contributed by atoms with E-state index in [1.165, 1.54) is 6.92 Å². The molecule has 5 aliphatic heterocycles. The van der Waals surface area contributed by atoms with E-state index in [9.17, 15) is 86.8 Å². The molecule has 17 N–H and O–H groups in total. The lowest BCUT2D eigenvalue weighted by Crippen LogP contribution is -2.70. The first kappa shape index (κ1) is 68.0. The number of hydrogen-bond donors (Lipinski definition) is 17. The number of aliphatic hydroxyl groups excluding tert-OH is 17. The van der Waals surface area contributed by atoms with Gasteiger partial charge in [0.15, 0.2) is 31.3 Å². The van der Waals surface area contributed by atoms with Gasteiger partial charge >= 0.3 is 5.97 Å². The molecule has 0 amide bonds. The Hall–Kier alpha value is -1.83. The molecule has 87 heavy (non-hydrogen) atoms. The van der Waals surface area contributed by atoms with Gasteiger partial charge in [-0.2, -0.15) is 0 Å². The highest BCUT2D eigenvalue weighted by Crippen LogP contribution is 2.76. The first-order chi connectivity index (χ1) is 40.8. The Labute approximate surface area is 504 Å². The number of ether oxygens (including phenoxy) is 10. The Balaban J connectivity index is 0.894. The predicted molar refractivity (Wildman–Crippen MR) is 291 cm³/mol. The maximum absolute atomic E-state index is 15.5. The molecular formula is C59H96O28. The van der Waals surface area contributed by atoms with Crippen LogP contribution in [0.15, 0.2) is 11.6 Å². The lowest BCUT2D eigenvalue weighted by Gasteiger charge is -2.72. The standard InChI is InChI=1S/C59H96O28/c1-23-44(83-48-41(74)33(66)27(65)21-78-48)40(73)43(76)49(79-23)84-46-39(72)36(69)30(20-62)82-52(46)87-53(77)59-14-12-54(2,3)16-25(59)24-8-9-32-55(4)17-26(64)47(56(5,22-63)31(55)10-11-58(32,7)57(24,6)13-15-59)86-51-45(38(71)35(68)29(19-61)81-51)85-50-42(75)37(70)34(67)28(18-60)80-50/h8,23,25-52,60-76H,9-22H2,1-7H3. The van der Waals surface area contributed by atoms with Gasteiger partial charge in [0.2, 0.25) is 6.29 Å². The van der Waals surface area contributed by atoms with Crippen molar-refractivity contribution < 1.29 is 139 Å². The highest BCUT2D eigenvalue weighted by atomic mass is 16.8. The van der Waals surface area contributed by atoms with Gasteiger partial charge < -0.3 is 134 Å². The number of carbonyl (C=O) groups excluding carboxylic acids is 1. The SMILES string of the molecule is CC1OC(OC2C(OC(=O)C34CCC(C)(C)CC3C3=CCC5C6(C)CC(O)C(OC7OC(CO)C(O)C(O)C7OC7OC(CO)C(O)C(O)C7O)C(C)(CO)C6CCC5(C)C3(C)CC4)OC(CO)C(O)C2O)C(O)C(O)C1OC1OCC(O)C(O)C1O. The van der Waals surface area contributed by atoms with Crippen LogP contribution in [-0.2, 0) is 52.2 Å². The van der Waals surface area contributed by atoms with Gasteiger partial charge in [0.05, 0.1) is 56.8 Å². The molecule has 0 aromatic rings. The third-order valence-corrected chi connectivity index (χ3v) is 23.2. The smallest absolute Gasteiger partial charge is 0.315 e. The lowest BCUT2D eigenvalue weighted by molar-refractivity contribution is -0.384. The molecule has 28 heteroatoms. The number of esters is 1. The van der Waals surface area contributed by atoms with Gasteiger partial charge in [0.25, 0.3) is 0 Å². The number of aliphatic hydroxyl groups is 17. The third kappa shape index (κ3) is 11.3. The minimum Gasteiger partial charge on any atom is -0.432 e. The highest BCUT2D eigenvalue weighted by molar-refractivity contribution is 5.79. The summed E-state index contributed by atoms with van der Waals surface area (Å²) in [6.45, 7) is 10.9. The molecule has 500 valence electrons. The minimum atomic E-state index is -1.94. The molecule has 5 saturated heterocycles. The van der Waals surface area contributed by atoms with Crippen LogP contribution in [0.25, 0.3) is 0 Å². The van der Waals surface area contributed by atoms with E-state index >= 15 is 4.79 Å². The third-order valence-electron chi connectivity index (χ3n) is 23.2. The molecule has 0 radical (unpaired) electrons. The molecule has 34 unspecified atom stereocenters. The summed E-state index contributed by atoms with van der Waals surface area (Å²) in [6, 6.07) is 0. The summed E-state index contributed by atoms with van der Waals surface area (Å²) < 4.78 is 59.8. The van der Waals surface area contributed by atoms with Gasteiger partial charge in [0.1, 0.15) is 104 Å². The Morgan fingerprint density at radius 3 is 1.66 bits per heavy atom. The number of rotatable bonds is 14. The molecule has 0 aromatic carbocycles. The zero-order chi connectivity index (χ0) is 63.6. The van der Waals surface area contributed by atoms with Crippen molar-refractivity contribution in [1.82, 2.24) is 0 Å². The van der Waals surface area contributed by atoms with E-state index in [0.29, 0.717) is 51.4 Å². The van der Waals surface area contributed by atoms with Gasteiger partial charge in [-0.15, -0.1) is 0 Å². The van der Waals surface area contributed by atoms with Crippen LogP contribution in [0.5, 0.6) is 0 Å². The van der Waals surface area contributed by atoms with E-state index < -0.39 is 232 Å². The summed E-state index contributed by atoms with van der Waals surface area (Å²) in [4.78, 5) is 15.5.